The van der Waals surface area contributed by atoms with Gasteiger partial charge in [0.1, 0.15) is 12.2 Å². The summed E-state index contributed by atoms with van der Waals surface area (Å²) < 4.78 is 0. The van der Waals surface area contributed by atoms with E-state index in [0.29, 0.717) is 0 Å². The topological polar surface area (TPSA) is 74.6 Å². The van der Waals surface area contributed by atoms with E-state index in [1.165, 1.54) is 0 Å². The molecule has 0 aromatic carbocycles. The predicted octanol–water partition coefficient (Wildman–Crippen LogP) is -0.676. The van der Waals surface area contributed by atoms with Crippen molar-refractivity contribution < 1.29 is 19.8 Å². The van der Waals surface area contributed by atoms with Gasteiger partial charge in [-0.1, -0.05) is 0 Å². The Kier molecular flexibility index (Phi) is 5.41. The summed E-state index contributed by atoms with van der Waals surface area (Å²) >= 11 is 10.1. The summed E-state index contributed by atoms with van der Waals surface area (Å²) in [6, 6.07) is 0. The molecule has 0 aliphatic heterocycles. The van der Waals surface area contributed by atoms with E-state index in [1.807, 2.05) is 0 Å². The van der Waals surface area contributed by atoms with Gasteiger partial charge in [0.15, 0.2) is 11.6 Å². The van der Waals surface area contributed by atoms with Gasteiger partial charge < -0.3 is 10.2 Å². The Labute approximate surface area is 79.1 Å². The lowest BCUT2D eigenvalue weighted by molar-refractivity contribution is -0.140. The number of carbonyl (C=O) groups is 2. The third kappa shape index (κ3) is 3.06. The first-order valence-corrected chi connectivity index (χ1v) is 4.15. The Balaban J connectivity index is 4.18. The van der Waals surface area contributed by atoms with Gasteiger partial charge in [0.05, 0.1) is 11.8 Å². The summed E-state index contributed by atoms with van der Waals surface area (Å²) in [5.74, 6) is -2.51. The van der Waals surface area contributed by atoms with Crippen molar-refractivity contribution in [2.24, 2.45) is 0 Å². The number of alkyl halides is 2. The van der Waals surface area contributed by atoms with Crippen molar-refractivity contribution in [1.82, 2.24) is 0 Å². The number of hydrogen-bond acceptors (Lipinski definition) is 4. The maximum Gasteiger partial charge on any atom is 0.179 e. The number of carbonyl (C=O) groups excluding carboxylic acids is 2. The van der Waals surface area contributed by atoms with Crippen LogP contribution in [0, 0.1) is 0 Å². The predicted molar refractivity (Wildman–Crippen MR) is 43.5 cm³/mol. The molecule has 0 fully saturated rings. The number of aliphatic hydroxyl groups is 2. The molecule has 4 nitrogen and oxygen atoms in total. The van der Waals surface area contributed by atoms with Crippen LogP contribution in [0.5, 0.6) is 0 Å². The molecule has 0 aliphatic carbocycles. The molecule has 2 N–H and O–H groups in total. The van der Waals surface area contributed by atoms with Crippen LogP contribution < -0.4 is 0 Å². The van der Waals surface area contributed by atoms with Crippen LogP contribution in [0.3, 0.4) is 0 Å². The third-order valence-electron chi connectivity index (χ3n) is 1.22. The van der Waals surface area contributed by atoms with E-state index in [9.17, 15) is 9.59 Å². The second-order valence-electron chi connectivity index (χ2n) is 2.09. The van der Waals surface area contributed by atoms with Gasteiger partial charge in [0.2, 0.25) is 0 Å². The Bertz CT molecular complexity index is 162. The van der Waals surface area contributed by atoms with Gasteiger partial charge in [0.25, 0.3) is 0 Å². The first kappa shape index (κ1) is 11.8. The van der Waals surface area contributed by atoms with E-state index in [2.05, 4.69) is 0 Å². The summed E-state index contributed by atoms with van der Waals surface area (Å²) in [4.78, 5) is 21.3. The Morgan fingerprint density at radius 1 is 1.00 bits per heavy atom. The first-order valence-electron chi connectivity index (χ1n) is 3.08. The number of rotatable bonds is 5. The van der Waals surface area contributed by atoms with Crippen LogP contribution in [0.2, 0.25) is 0 Å². The molecule has 0 rings (SSSR count). The normalized spacial score (nSPS) is 15.3. The van der Waals surface area contributed by atoms with E-state index < -0.39 is 35.5 Å². The summed E-state index contributed by atoms with van der Waals surface area (Å²) in [6.45, 7) is 0. The van der Waals surface area contributed by atoms with Gasteiger partial charge in [-0.25, -0.2) is 0 Å². The highest BCUT2D eigenvalue weighted by molar-refractivity contribution is 6.30. The summed E-state index contributed by atoms with van der Waals surface area (Å²) in [5.41, 5.74) is 0. The van der Waals surface area contributed by atoms with E-state index in [-0.39, 0.29) is 0 Å². The molecule has 0 heterocycles. The van der Waals surface area contributed by atoms with Crippen LogP contribution in [0.1, 0.15) is 0 Å². The maximum atomic E-state index is 10.6. The monoisotopic (exact) mass is 214 g/mol. The van der Waals surface area contributed by atoms with Crippen LogP contribution in [0.15, 0.2) is 0 Å². The Morgan fingerprint density at radius 3 is 1.42 bits per heavy atom. The number of hydrogen-bond donors (Lipinski definition) is 2. The molecule has 0 amide bonds. The first-order chi connectivity index (χ1) is 5.54. The molecule has 0 aromatic heterocycles. The quantitative estimate of drug-likeness (QED) is 0.596. The molecular weight excluding hydrogens is 207 g/mol. The molecule has 0 spiro atoms. The van der Waals surface area contributed by atoms with Gasteiger partial charge in [-0.05, 0) is 0 Å². The fourth-order valence-electron chi connectivity index (χ4n) is 0.510. The van der Waals surface area contributed by atoms with Crippen LogP contribution in [0.4, 0.5) is 0 Å². The minimum absolute atomic E-state index is 0.451. The van der Waals surface area contributed by atoms with Gasteiger partial charge in [-0.2, -0.15) is 0 Å². The highest BCUT2D eigenvalue weighted by Crippen LogP contribution is 1.99. The number of ketones is 2. The van der Waals surface area contributed by atoms with Gasteiger partial charge >= 0.3 is 0 Å². The molecule has 0 radical (unpaired) electrons. The van der Waals surface area contributed by atoms with E-state index >= 15 is 0 Å². The largest absolute Gasteiger partial charge is 0.382 e. The molecule has 2 atom stereocenters. The zero-order valence-corrected chi connectivity index (χ0v) is 7.55. The minimum atomic E-state index is -1.77. The SMILES string of the molecule is O=C(CCl)C(O)C(O)C(=O)CCl. The standard InChI is InChI=1S/C6H8Cl2O4/c7-1-3(9)5(11)6(12)4(10)2-8/h5-6,11-12H,1-2H2. The molecule has 0 aromatic rings. The molecular formula is C6H8Cl2O4. The van der Waals surface area contributed by atoms with Crippen LogP contribution in [-0.2, 0) is 9.59 Å². The van der Waals surface area contributed by atoms with Gasteiger partial charge in [-0.15, -0.1) is 23.2 Å². The second kappa shape index (κ2) is 5.48. The van der Waals surface area contributed by atoms with E-state index in [4.69, 9.17) is 33.4 Å². The van der Waals surface area contributed by atoms with Crippen molar-refractivity contribution in [2.45, 2.75) is 12.2 Å². The maximum absolute atomic E-state index is 10.6. The zero-order valence-electron chi connectivity index (χ0n) is 6.04. The second-order valence-corrected chi connectivity index (χ2v) is 2.62. The van der Waals surface area contributed by atoms with Crippen molar-refractivity contribution in [1.29, 1.82) is 0 Å². The van der Waals surface area contributed by atoms with Crippen molar-refractivity contribution in [2.75, 3.05) is 11.8 Å². The van der Waals surface area contributed by atoms with E-state index in [0.717, 1.165) is 0 Å². The zero-order chi connectivity index (χ0) is 9.72. The molecule has 70 valence electrons. The van der Waals surface area contributed by atoms with Crippen LogP contribution in [0.25, 0.3) is 0 Å². The lowest BCUT2D eigenvalue weighted by Crippen LogP contribution is -2.40. The molecule has 0 saturated heterocycles. The fraction of sp³-hybridized carbons (Fsp3) is 0.667. The smallest absolute Gasteiger partial charge is 0.179 e. The number of Topliss-reactive ketones (excluding diaryl/α,β-unsaturated/α-hetero) is 2. The molecule has 6 heteroatoms. The average Bonchev–Trinajstić information content (AvgIpc) is 2.12. The van der Waals surface area contributed by atoms with Crippen molar-refractivity contribution in [3.05, 3.63) is 0 Å². The summed E-state index contributed by atoms with van der Waals surface area (Å²) in [6.07, 6.45) is -3.54. The molecule has 2 unspecified atom stereocenters. The minimum Gasteiger partial charge on any atom is -0.382 e. The number of aliphatic hydroxyl groups excluding tert-OH is 2. The Morgan fingerprint density at radius 2 is 1.25 bits per heavy atom. The highest BCUT2D eigenvalue weighted by Gasteiger charge is 2.28. The van der Waals surface area contributed by atoms with Crippen molar-refractivity contribution >= 4 is 34.8 Å². The summed E-state index contributed by atoms with van der Waals surface area (Å²) in [7, 11) is 0. The average molecular weight is 215 g/mol. The lowest BCUT2D eigenvalue weighted by atomic mass is 10.1. The van der Waals surface area contributed by atoms with E-state index in [1.54, 1.807) is 0 Å². The fourth-order valence-corrected chi connectivity index (χ4v) is 0.826. The molecule has 0 bridgehead atoms. The number of halogens is 2. The van der Waals surface area contributed by atoms with Crippen LogP contribution >= 0.6 is 23.2 Å². The highest BCUT2D eigenvalue weighted by atomic mass is 35.5. The Hall–Kier alpha value is -0.160. The lowest BCUT2D eigenvalue weighted by Gasteiger charge is -2.12. The molecule has 0 aliphatic rings. The van der Waals surface area contributed by atoms with Crippen molar-refractivity contribution in [3.63, 3.8) is 0 Å². The van der Waals surface area contributed by atoms with Crippen LogP contribution in [-0.4, -0.2) is 45.7 Å². The summed E-state index contributed by atoms with van der Waals surface area (Å²) in [5, 5.41) is 17.8. The van der Waals surface area contributed by atoms with Gasteiger partial charge in [-0.3, -0.25) is 9.59 Å². The molecule has 12 heavy (non-hydrogen) atoms. The molecule has 0 saturated carbocycles. The van der Waals surface area contributed by atoms with Crippen molar-refractivity contribution in [3.8, 4) is 0 Å². The van der Waals surface area contributed by atoms with Gasteiger partial charge in [0, 0.05) is 0 Å². The third-order valence-corrected chi connectivity index (χ3v) is 1.75.